The van der Waals surface area contributed by atoms with Gasteiger partial charge in [0.2, 0.25) is 0 Å². The minimum atomic E-state index is -1.18. The van der Waals surface area contributed by atoms with E-state index in [1.807, 2.05) is 20.8 Å². The molecule has 0 saturated carbocycles. The number of nitrogens with one attached hydrogen (secondary N) is 1. The third-order valence-electron chi connectivity index (χ3n) is 3.46. The zero-order chi connectivity index (χ0) is 18.6. The predicted molar refractivity (Wildman–Crippen MR) is 90.9 cm³/mol. The SMILES string of the molecule is CC(C)(C)OCCC(NC(=O)c1cc(F)cc2cccnc12)C(=O)O. The van der Waals surface area contributed by atoms with E-state index in [-0.39, 0.29) is 18.6 Å². The zero-order valence-electron chi connectivity index (χ0n) is 14.4. The van der Waals surface area contributed by atoms with Crippen LogP contribution in [0.2, 0.25) is 0 Å². The molecule has 1 amide bonds. The van der Waals surface area contributed by atoms with Crippen LogP contribution in [-0.4, -0.2) is 40.2 Å². The quantitative estimate of drug-likeness (QED) is 0.838. The number of carbonyl (C=O) groups excluding carboxylic acids is 1. The van der Waals surface area contributed by atoms with E-state index >= 15 is 0 Å². The third kappa shape index (κ3) is 5.22. The Labute approximate surface area is 145 Å². The fourth-order valence-electron chi connectivity index (χ4n) is 2.31. The Balaban J connectivity index is 2.17. The molecule has 2 rings (SSSR count). The van der Waals surface area contributed by atoms with E-state index in [9.17, 15) is 19.1 Å². The lowest BCUT2D eigenvalue weighted by Gasteiger charge is -2.21. The molecule has 1 heterocycles. The maximum absolute atomic E-state index is 13.7. The van der Waals surface area contributed by atoms with Crippen LogP contribution in [0.25, 0.3) is 10.9 Å². The molecule has 1 aromatic carbocycles. The first-order chi connectivity index (χ1) is 11.7. The summed E-state index contributed by atoms with van der Waals surface area (Å²) in [5, 5.41) is 12.2. The van der Waals surface area contributed by atoms with Gasteiger partial charge in [0.15, 0.2) is 0 Å². The highest BCUT2D eigenvalue weighted by Crippen LogP contribution is 2.18. The average molecular weight is 348 g/mol. The fourth-order valence-corrected chi connectivity index (χ4v) is 2.31. The van der Waals surface area contributed by atoms with E-state index in [0.717, 1.165) is 6.07 Å². The normalized spacial score (nSPS) is 12.8. The monoisotopic (exact) mass is 348 g/mol. The summed E-state index contributed by atoms with van der Waals surface area (Å²) < 4.78 is 19.2. The summed E-state index contributed by atoms with van der Waals surface area (Å²) in [6.45, 7) is 5.73. The van der Waals surface area contributed by atoms with Gasteiger partial charge in [0, 0.05) is 24.6 Å². The molecule has 0 aliphatic rings. The predicted octanol–water partition coefficient (Wildman–Crippen LogP) is 2.76. The maximum Gasteiger partial charge on any atom is 0.326 e. The topological polar surface area (TPSA) is 88.5 Å². The number of rotatable bonds is 6. The van der Waals surface area contributed by atoms with Gasteiger partial charge in [-0.15, -0.1) is 0 Å². The highest BCUT2D eigenvalue weighted by molar-refractivity contribution is 6.06. The number of ether oxygens (including phenoxy) is 1. The van der Waals surface area contributed by atoms with Crippen LogP contribution in [0.1, 0.15) is 37.6 Å². The zero-order valence-corrected chi connectivity index (χ0v) is 14.4. The van der Waals surface area contributed by atoms with Gasteiger partial charge in [-0.25, -0.2) is 9.18 Å². The Morgan fingerprint density at radius 2 is 2.08 bits per heavy atom. The van der Waals surface area contributed by atoms with Gasteiger partial charge in [-0.3, -0.25) is 9.78 Å². The first kappa shape index (κ1) is 18.8. The van der Waals surface area contributed by atoms with Crippen LogP contribution in [0.15, 0.2) is 30.5 Å². The number of hydrogen-bond acceptors (Lipinski definition) is 4. The number of amides is 1. The average Bonchev–Trinajstić information content (AvgIpc) is 2.51. The fraction of sp³-hybridized carbons (Fsp3) is 0.389. The maximum atomic E-state index is 13.7. The molecule has 0 radical (unpaired) electrons. The van der Waals surface area contributed by atoms with Crippen molar-refractivity contribution in [3.8, 4) is 0 Å². The number of hydrogen-bond donors (Lipinski definition) is 2. The lowest BCUT2D eigenvalue weighted by atomic mass is 10.1. The van der Waals surface area contributed by atoms with Crippen LogP contribution >= 0.6 is 0 Å². The summed E-state index contributed by atoms with van der Waals surface area (Å²) in [6.07, 6.45) is 1.59. The number of fused-ring (bicyclic) bond motifs is 1. The van der Waals surface area contributed by atoms with E-state index < -0.39 is 29.3 Å². The summed E-state index contributed by atoms with van der Waals surface area (Å²) in [6, 6.07) is 4.44. The molecule has 0 bridgehead atoms. The third-order valence-corrected chi connectivity index (χ3v) is 3.46. The minimum absolute atomic E-state index is 0.00131. The van der Waals surface area contributed by atoms with Crippen molar-refractivity contribution < 1.29 is 23.8 Å². The smallest absolute Gasteiger partial charge is 0.326 e. The Bertz CT molecular complexity index is 786. The van der Waals surface area contributed by atoms with E-state index in [1.54, 1.807) is 12.1 Å². The lowest BCUT2D eigenvalue weighted by molar-refractivity contribution is -0.140. The van der Waals surface area contributed by atoms with Crippen LogP contribution in [-0.2, 0) is 9.53 Å². The Hall–Kier alpha value is -2.54. The second kappa shape index (κ2) is 7.57. The van der Waals surface area contributed by atoms with Crippen molar-refractivity contribution in [2.24, 2.45) is 0 Å². The van der Waals surface area contributed by atoms with Gasteiger partial charge in [-0.05, 0) is 39.0 Å². The van der Waals surface area contributed by atoms with Crippen molar-refractivity contribution in [2.45, 2.75) is 38.8 Å². The molecule has 1 atom stereocenters. The van der Waals surface area contributed by atoms with Gasteiger partial charge < -0.3 is 15.2 Å². The molecule has 2 aromatic rings. The summed E-state index contributed by atoms with van der Waals surface area (Å²) in [4.78, 5) is 27.9. The van der Waals surface area contributed by atoms with Gasteiger partial charge in [-0.2, -0.15) is 0 Å². The standard InChI is InChI=1S/C18H21FN2O4/c1-18(2,3)25-8-6-14(17(23)24)21-16(22)13-10-12(19)9-11-5-4-7-20-15(11)13/h4-5,7,9-10,14H,6,8H2,1-3H3,(H,21,22)(H,23,24). The number of benzene rings is 1. The van der Waals surface area contributed by atoms with Gasteiger partial charge in [-0.1, -0.05) is 6.07 Å². The molecular weight excluding hydrogens is 327 g/mol. The number of pyridine rings is 1. The first-order valence-corrected chi connectivity index (χ1v) is 7.89. The summed E-state index contributed by atoms with van der Waals surface area (Å²) in [5.74, 6) is -2.46. The number of halogens is 1. The van der Waals surface area contributed by atoms with E-state index in [0.29, 0.717) is 10.9 Å². The second-order valence-electron chi connectivity index (χ2n) is 6.64. The molecule has 1 unspecified atom stereocenters. The number of nitrogens with zero attached hydrogens (tertiary/aromatic N) is 1. The highest BCUT2D eigenvalue weighted by Gasteiger charge is 2.23. The van der Waals surface area contributed by atoms with Gasteiger partial charge in [0.05, 0.1) is 16.7 Å². The summed E-state index contributed by atoms with van der Waals surface area (Å²) in [7, 11) is 0. The first-order valence-electron chi connectivity index (χ1n) is 7.89. The summed E-state index contributed by atoms with van der Waals surface area (Å²) in [5.41, 5.74) is -0.0921. The van der Waals surface area contributed by atoms with Crippen LogP contribution in [0.3, 0.4) is 0 Å². The van der Waals surface area contributed by atoms with Gasteiger partial charge in [0.25, 0.3) is 5.91 Å². The molecule has 1 aromatic heterocycles. The van der Waals surface area contributed by atoms with Crippen molar-refractivity contribution in [3.63, 3.8) is 0 Å². The van der Waals surface area contributed by atoms with Crippen molar-refractivity contribution in [3.05, 3.63) is 41.8 Å². The molecule has 7 heteroatoms. The van der Waals surface area contributed by atoms with Crippen LogP contribution in [0.5, 0.6) is 0 Å². The molecule has 2 N–H and O–H groups in total. The highest BCUT2D eigenvalue weighted by atomic mass is 19.1. The molecular formula is C18H21FN2O4. The Morgan fingerprint density at radius 1 is 1.36 bits per heavy atom. The molecule has 0 spiro atoms. The lowest BCUT2D eigenvalue weighted by Crippen LogP contribution is -2.42. The van der Waals surface area contributed by atoms with Gasteiger partial charge >= 0.3 is 5.97 Å². The van der Waals surface area contributed by atoms with E-state index in [1.165, 1.54) is 12.3 Å². The minimum Gasteiger partial charge on any atom is -0.480 e. The van der Waals surface area contributed by atoms with Crippen LogP contribution < -0.4 is 5.32 Å². The number of aliphatic carboxylic acids is 1. The molecule has 0 saturated heterocycles. The Kier molecular flexibility index (Phi) is 5.69. The molecule has 0 aliphatic heterocycles. The number of aromatic nitrogens is 1. The van der Waals surface area contributed by atoms with E-state index in [2.05, 4.69) is 10.3 Å². The van der Waals surface area contributed by atoms with Crippen molar-refractivity contribution in [1.29, 1.82) is 0 Å². The molecule has 134 valence electrons. The van der Waals surface area contributed by atoms with Crippen molar-refractivity contribution >= 4 is 22.8 Å². The van der Waals surface area contributed by atoms with Crippen molar-refractivity contribution in [1.82, 2.24) is 10.3 Å². The number of carboxylic acid groups (broad SMARTS) is 1. The number of carbonyl (C=O) groups is 2. The molecule has 6 nitrogen and oxygen atoms in total. The largest absolute Gasteiger partial charge is 0.480 e. The second-order valence-corrected chi connectivity index (χ2v) is 6.64. The van der Waals surface area contributed by atoms with E-state index in [4.69, 9.17) is 4.74 Å². The molecule has 25 heavy (non-hydrogen) atoms. The van der Waals surface area contributed by atoms with Crippen LogP contribution in [0.4, 0.5) is 4.39 Å². The molecule has 0 fully saturated rings. The Morgan fingerprint density at radius 3 is 2.72 bits per heavy atom. The van der Waals surface area contributed by atoms with Crippen molar-refractivity contribution in [2.75, 3.05) is 6.61 Å². The van der Waals surface area contributed by atoms with Gasteiger partial charge in [0.1, 0.15) is 11.9 Å². The van der Waals surface area contributed by atoms with Crippen LogP contribution in [0, 0.1) is 5.82 Å². The number of carboxylic acids is 1. The summed E-state index contributed by atoms with van der Waals surface area (Å²) >= 11 is 0. The molecule has 0 aliphatic carbocycles.